The molecule has 0 bridgehead atoms. The lowest BCUT2D eigenvalue weighted by atomic mass is 10.3. The lowest BCUT2D eigenvalue weighted by molar-refractivity contribution is -0.128. The second-order valence-corrected chi connectivity index (χ2v) is 3.97. The number of hydrogen-bond donors (Lipinski definition) is 0. The van der Waals surface area contributed by atoms with E-state index in [-0.39, 0.29) is 16.6 Å². The van der Waals surface area contributed by atoms with Crippen LogP contribution in [0.5, 0.6) is 0 Å². The molecule has 1 aromatic rings. The molecule has 0 atom stereocenters. The Morgan fingerprint density at radius 1 is 1.56 bits per heavy atom. The van der Waals surface area contributed by atoms with Crippen molar-refractivity contribution in [1.29, 1.82) is 0 Å². The highest BCUT2D eigenvalue weighted by Gasteiger charge is 2.05. The van der Waals surface area contributed by atoms with Gasteiger partial charge in [-0.1, -0.05) is 11.6 Å². The third-order valence-electron chi connectivity index (χ3n) is 2.16. The number of aryl methyl sites for hydroxylation is 1. The van der Waals surface area contributed by atoms with E-state index in [4.69, 9.17) is 11.6 Å². The fourth-order valence-electron chi connectivity index (χ4n) is 1.22. The van der Waals surface area contributed by atoms with E-state index >= 15 is 0 Å². The van der Waals surface area contributed by atoms with Crippen LogP contribution in [0.25, 0.3) is 0 Å². The van der Waals surface area contributed by atoms with Crippen LogP contribution >= 0.6 is 11.6 Å². The Hall–Kier alpha value is -1.36. The van der Waals surface area contributed by atoms with Gasteiger partial charge in [-0.05, 0) is 6.42 Å². The number of amides is 1. The molecule has 0 aliphatic carbocycles. The van der Waals surface area contributed by atoms with Crippen molar-refractivity contribution in [2.24, 2.45) is 0 Å². The maximum Gasteiger partial charge on any atom is 0.288 e. The zero-order valence-corrected chi connectivity index (χ0v) is 10.1. The van der Waals surface area contributed by atoms with E-state index < -0.39 is 0 Å². The molecule has 0 fully saturated rings. The summed E-state index contributed by atoms with van der Waals surface area (Å²) in [5.74, 6) is 0.0493. The summed E-state index contributed by atoms with van der Waals surface area (Å²) in [7, 11) is 3.41. The van der Waals surface area contributed by atoms with Crippen LogP contribution in [0.2, 0.25) is 5.15 Å². The molecular formula is C10H14ClN3O2. The smallest absolute Gasteiger partial charge is 0.288 e. The molecule has 0 aliphatic rings. The maximum absolute atomic E-state index is 11.5. The van der Waals surface area contributed by atoms with Crippen LogP contribution in [-0.2, 0) is 11.3 Å². The summed E-state index contributed by atoms with van der Waals surface area (Å²) < 4.78 is 1.46. The lowest BCUT2D eigenvalue weighted by Crippen LogP contribution is -2.24. The monoisotopic (exact) mass is 243 g/mol. The number of aromatic nitrogens is 2. The lowest BCUT2D eigenvalue weighted by Gasteiger charge is -2.10. The molecule has 88 valence electrons. The topological polar surface area (TPSA) is 55.2 Å². The van der Waals surface area contributed by atoms with Crippen LogP contribution < -0.4 is 5.56 Å². The fraction of sp³-hybridized carbons (Fsp3) is 0.500. The summed E-state index contributed by atoms with van der Waals surface area (Å²) in [6, 6.07) is 0. The zero-order chi connectivity index (χ0) is 12.1. The van der Waals surface area contributed by atoms with Gasteiger partial charge in [0, 0.05) is 39.5 Å². The molecule has 5 nitrogen and oxygen atoms in total. The van der Waals surface area contributed by atoms with Crippen LogP contribution in [0, 0.1) is 0 Å². The summed E-state index contributed by atoms with van der Waals surface area (Å²) in [6.07, 6.45) is 4.06. The van der Waals surface area contributed by atoms with Gasteiger partial charge in [-0.2, -0.15) is 0 Å². The van der Waals surface area contributed by atoms with E-state index in [1.807, 2.05) is 0 Å². The molecule has 0 aromatic carbocycles. The zero-order valence-electron chi connectivity index (χ0n) is 9.31. The number of halogens is 1. The van der Waals surface area contributed by atoms with Crippen molar-refractivity contribution >= 4 is 17.5 Å². The van der Waals surface area contributed by atoms with Gasteiger partial charge in [0.25, 0.3) is 5.56 Å². The Morgan fingerprint density at radius 3 is 2.88 bits per heavy atom. The van der Waals surface area contributed by atoms with E-state index in [9.17, 15) is 9.59 Å². The van der Waals surface area contributed by atoms with Gasteiger partial charge in [0.2, 0.25) is 5.91 Å². The van der Waals surface area contributed by atoms with Crippen LogP contribution in [0.1, 0.15) is 12.8 Å². The van der Waals surface area contributed by atoms with E-state index in [0.717, 1.165) is 0 Å². The van der Waals surface area contributed by atoms with Gasteiger partial charge >= 0.3 is 0 Å². The highest BCUT2D eigenvalue weighted by atomic mass is 35.5. The van der Waals surface area contributed by atoms with Crippen molar-refractivity contribution < 1.29 is 4.79 Å². The van der Waals surface area contributed by atoms with Gasteiger partial charge in [-0.3, -0.25) is 9.59 Å². The maximum atomic E-state index is 11.5. The Balaban J connectivity index is 2.53. The van der Waals surface area contributed by atoms with Crippen LogP contribution in [0.3, 0.4) is 0 Å². The molecule has 0 aliphatic heterocycles. The highest BCUT2D eigenvalue weighted by Crippen LogP contribution is 1.98. The summed E-state index contributed by atoms with van der Waals surface area (Å²) in [6.45, 7) is 0.473. The highest BCUT2D eigenvalue weighted by molar-refractivity contribution is 6.29. The number of hydrogen-bond acceptors (Lipinski definition) is 3. The van der Waals surface area contributed by atoms with Crippen molar-refractivity contribution in [2.75, 3.05) is 14.1 Å². The van der Waals surface area contributed by atoms with Crippen molar-refractivity contribution in [2.45, 2.75) is 19.4 Å². The van der Waals surface area contributed by atoms with Crippen molar-refractivity contribution in [1.82, 2.24) is 14.5 Å². The first-order valence-corrected chi connectivity index (χ1v) is 5.31. The molecule has 0 saturated carbocycles. The molecular weight excluding hydrogens is 230 g/mol. The Labute approximate surface area is 98.7 Å². The van der Waals surface area contributed by atoms with E-state index in [1.165, 1.54) is 15.7 Å². The SMILES string of the molecule is CN(C)C(=O)CCCn1ccnc(Cl)c1=O. The van der Waals surface area contributed by atoms with Crippen molar-refractivity contribution in [3.8, 4) is 0 Å². The Bertz CT molecular complexity index is 428. The van der Waals surface area contributed by atoms with Crippen molar-refractivity contribution in [3.63, 3.8) is 0 Å². The second-order valence-electron chi connectivity index (χ2n) is 3.61. The summed E-state index contributed by atoms with van der Waals surface area (Å²) in [4.78, 5) is 27.9. The number of rotatable bonds is 4. The van der Waals surface area contributed by atoms with Crippen LogP contribution in [0.15, 0.2) is 17.2 Å². The molecule has 6 heteroatoms. The van der Waals surface area contributed by atoms with Gasteiger partial charge in [0.05, 0.1) is 0 Å². The minimum absolute atomic E-state index is 0.0403. The van der Waals surface area contributed by atoms with Gasteiger partial charge in [-0.15, -0.1) is 0 Å². The molecule has 1 heterocycles. The van der Waals surface area contributed by atoms with E-state index in [2.05, 4.69) is 4.98 Å². The molecule has 0 spiro atoms. The third kappa shape index (κ3) is 3.34. The molecule has 0 N–H and O–H groups in total. The standard InChI is InChI=1S/C10H14ClN3O2/c1-13(2)8(15)4-3-6-14-7-5-12-9(11)10(14)16/h5,7H,3-4,6H2,1-2H3. The van der Waals surface area contributed by atoms with Gasteiger partial charge in [-0.25, -0.2) is 4.98 Å². The number of carbonyl (C=O) groups is 1. The minimum Gasteiger partial charge on any atom is -0.349 e. The second kappa shape index (κ2) is 5.65. The average Bonchev–Trinajstić information content (AvgIpc) is 2.24. The van der Waals surface area contributed by atoms with Crippen LogP contribution in [0.4, 0.5) is 0 Å². The predicted octanol–water partition coefficient (Wildman–Crippen LogP) is 0.765. The first-order valence-electron chi connectivity index (χ1n) is 4.93. The Morgan fingerprint density at radius 2 is 2.25 bits per heavy atom. The quantitative estimate of drug-likeness (QED) is 0.785. The molecule has 1 aromatic heterocycles. The molecule has 0 unspecified atom stereocenters. The third-order valence-corrected chi connectivity index (χ3v) is 2.42. The minimum atomic E-state index is -0.318. The molecule has 1 rings (SSSR count). The molecule has 16 heavy (non-hydrogen) atoms. The predicted molar refractivity (Wildman–Crippen MR) is 61.4 cm³/mol. The summed E-state index contributed by atoms with van der Waals surface area (Å²) in [5, 5.41) is -0.0403. The summed E-state index contributed by atoms with van der Waals surface area (Å²) in [5.41, 5.74) is -0.318. The molecule has 0 saturated heterocycles. The fourth-order valence-corrected chi connectivity index (χ4v) is 1.39. The van der Waals surface area contributed by atoms with Crippen molar-refractivity contribution in [3.05, 3.63) is 27.9 Å². The molecule has 1 amide bonds. The van der Waals surface area contributed by atoms with Gasteiger partial charge in [0.1, 0.15) is 0 Å². The Kier molecular flexibility index (Phi) is 4.49. The largest absolute Gasteiger partial charge is 0.349 e. The summed E-state index contributed by atoms with van der Waals surface area (Å²) >= 11 is 5.59. The van der Waals surface area contributed by atoms with Gasteiger partial charge < -0.3 is 9.47 Å². The first kappa shape index (κ1) is 12.7. The van der Waals surface area contributed by atoms with E-state index in [0.29, 0.717) is 19.4 Å². The average molecular weight is 244 g/mol. The number of carbonyl (C=O) groups excluding carboxylic acids is 1. The van der Waals surface area contributed by atoms with Crippen LogP contribution in [-0.4, -0.2) is 34.5 Å². The van der Waals surface area contributed by atoms with E-state index in [1.54, 1.807) is 20.3 Å². The number of nitrogens with zero attached hydrogens (tertiary/aromatic N) is 3. The normalized spacial score (nSPS) is 10.2. The first-order chi connectivity index (χ1) is 7.52. The van der Waals surface area contributed by atoms with Gasteiger partial charge in [0.15, 0.2) is 5.15 Å². The molecule has 0 radical (unpaired) electrons.